The van der Waals surface area contributed by atoms with E-state index >= 15 is 0 Å². The summed E-state index contributed by atoms with van der Waals surface area (Å²) < 4.78 is 12.4. The molecular weight excluding hydrogens is 320 g/mol. The molecule has 1 heterocycles. The average molecular weight is 346 g/mol. The Balaban J connectivity index is 2.54. The zero-order chi connectivity index (χ0) is 17.2. The first-order valence-electron chi connectivity index (χ1n) is 7.87. The van der Waals surface area contributed by atoms with Crippen molar-refractivity contribution in [1.82, 2.24) is 0 Å². The highest BCUT2D eigenvalue weighted by atomic mass is 28.4. The van der Waals surface area contributed by atoms with Gasteiger partial charge in [-0.15, -0.1) is 0 Å². The van der Waals surface area contributed by atoms with Crippen molar-refractivity contribution in [3.8, 4) is 0 Å². The quantitative estimate of drug-likeness (QED) is 0.550. The Kier molecular flexibility index (Phi) is 5.44. The number of Topliss-reactive ketones (excluding diaryl/α,β-unsaturated/α-hetero) is 1. The maximum atomic E-state index is 11.8. The third-order valence-corrected chi connectivity index (χ3v) is 9.64. The van der Waals surface area contributed by atoms with Gasteiger partial charge in [0.2, 0.25) is 0 Å². The molecule has 1 radical (unpaired) electrons. The van der Waals surface area contributed by atoms with Crippen molar-refractivity contribution < 1.29 is 13.3 Å². The van der Waals surface area contributed by atoms with Gasteiger partial charge in [-0.1, -0.05) is 30.3 Å². The lowest BCUT2D eigenvalue weighted by molar-refractivity contribution is 0.101. The minimum Gasteiger partial charge on any atom is -0.465 e. The van der Waals surface area contributed by atoms with Crippen molar-refractivity contribution in [3.05, 3.63) is 59.0 Å². The lowest BCUT2D eigenvalue weighted by Gasteiger charge is -2.33. The first-order chi connectivity index (χ1) is 10.7. The Morgan fingerprint density at radius 3 is 2.30 bits per heavy atom. The van der Waals surface area contributed by atoms with E-state index in [2.05, 4.69) is 38.3 Å². The van der Waals surface area contributed by atoms with Gasteiger partial charge in [-0.25, -0.2) is 0 Å². The molecule has 1 aromatic heterocycles. The fourth-order valence-corrected chi connectivity index (χ4v) is 9.64. The number of rotatable bonds is 6. The second-order valence-electron chi connectivity index (χ2n) is 6.63. The van der Waals surface area contributed by atoms with E-state index in [4.69, 9.17) is 8.53 Å². The number of carbonyl (C=O) groups excluding carboxylic acids is 1. The van der Waals surface area contributed by atoms with E-state index in [1.165, 1.54) is 5.56 Å². The minimum atomic E-state index is -2.08. The van der Waals surface area contributed by atoms with Gasteiger partial charge in [-0.05, 0) is 51.7 Å². The van der Waals surface area contributed by atoms with E-state index in [0.29, 0.717) is 11.3 Å². The molecule has 0 saturated carbocycles. The van der Waals surface area contributed by atoms with Crippen LogP contribution in [-0.2, 0) is 4.12 Å². The highest BCUT2D eigenvalue weighted by Crippen LogP contribution is 2.37. The third-order valence-electron chi connectivity index (χ3n) is 3.90. The molecule has 0 N–H and O–H groups in total. The molecule has 0 aliphatic carbocycles. The maximum absolute atomic E-state index is 11.8. The lowest BCUT2D eigenvalue weighted by atomic mass is 10.1. The molecule has 0 bridgehead atoms. The SMILES string of the molecule is CC(=O)c1cc(C(c2ccccc2)[Si](C)(C)O[Si](C)C)oc1C. The largest absolute Gasteiger partial charge is 0.465 e. The van der Waals surface area contributed by atoms with E-state index in [9.17, 15) is 4.79 Å². The van der Waals surface area contributed by atoms with Gasteiger partial charge in [0, 0.05) is 0 Å². The standard InChI is InChI=1S/C18H25O3Si2/c1-13(19)16-12-17(20-14(16)2)18(15-10-8-7-9-11-15)23(5,6)21-22(3)4/h7-12,18H,1-6H3. The summed E-state index contributed by atoms with van der Waals surface area (Å²) in [5, 5.41) is 0. The van der Waals surface area contributed by atoms with Crippen LogP contribution in [0.25, 0.3) is 0 Å². The van der Waals surface area contributed by atoms with Gasteiger partial charge in [0.1, 0.15) is 11.5 Å². The molecule has 0 aliphatic rings. The van der Waals surface area contributed by atoms with Gasteiger partial charge in [0.15, 0.2) is 23.1 Å². The van der Waals surface area contributed by atoms with Crippen molar-refractivity contribution in [3.63, 3.8) is 0 Å². The first-order valence-corrected chi connectivity index (χ1v) is 13.3. The Labute approximate surface area is 141 Å². The highest BCUT2D eigenvalue weighted by molar-refractivity contribution is 6.79. The van der Waals surface area contributed by atoms with Crippen LogP contribution in [0, 0.1) is 6.92 Å². The predicted octanol–water partition coefficient (Wildman–Crippen LogP) is 4.93. The number of furan rings is 1. The zero-order valence-corrected chi connectivity index (χ0v) is 16.8. The number of benzene rings is 1. The van der Waals surface area contributed by atoms with Gasteiger partial charge < -0.3 is 8.53 Å². The normalized spacial score (nSPS) is 13.3. The van der Waals surface area contributed by atoms with Gasteiger partial charge in [0.25, 0.3) is 0 Å². The van der Waals surface area contributed by atoms with Crippen molar-refractivity contribution in [2.45, 2.75) is 45.6 Å². The monoisotopic (exact) mass is 345 g/mol. The Morgan fingerprint density at radius 2 is 1.83 bits per heavy atom. The van der Waals surface area contributed by atoms with Gasteiger partial charge in [-0.3, -0.25) is 4.79 Å². The minimum absolute atomic E-state index is 0.0421. The van der Waals surface area contributed by atoms with Crippen LogP contribution in [0.5, 0.6) is 0 Å². The molecule has 1 aromatic carbocycles. The summed E-state index contributed by atoms with van der Waals surface area (Å²) in [7, 11) is -2.90. The summed E-state index contributed by atoms with van der Waals surface area (Å²) in [4.78, 5) is 11.8. The molecular formula is C18H25O3Si2. The molecule has 23 heavy (non-hydrogen) atoms. The lowest BCUT2D eigenvalue weighted by Crippen LogP contribution is -2.42. The molecule has 2 aromatic rings. The third kappa shape index (κ3) is 4.10. The van der Waals surface area contributed by atoms with Gasteiger partial charge in [-0.2, -0.15) is 0 Å². The molecule has 3 nitrogen and oxygen atoms in total. The molecule has 0 saturated heterocycles. The molecule has 0 aliphatic heterocycles. The van der Waals surface area contributed by atoms with E-state index in [0.717, 1.165) is 5.76 Å². The van der Waals surface area contributed by atoms with E-state index in [1.807, 2.05) is 31.2 Å². The fraction of sp³-hybridized carbons (Fsp3) is 0.389. The van der Waals surface area contributed by atoms with Crippen LogP contribution in [0.15, 0.2) is 40.8 Å². The second-order valence-corrected chi connectivity index (χ2v) is 13.0. The highest BCUT2D eigenvalue weighted by Gasteiger charge is 2.39. The number of carbonyl (C=O) groups is 1. The topological polar surface area (TPSA) is 39.4 Å². The van der Waals surface area contributed by atoms with E-state index in [-0.39, 0.29) is 11.3 Å². The van der Waals surface area contributed by atoms with Crippen molar-refractivity contribution in [2.75, 3.05) is 0 Å². The summed E-state index contributed by atoms with van der Waals surface area (Å²) >= 11 is 0. The van der Waals surface area contributed by atoms with Crippen molar-refractivity contribution in [1.29, 1.82) is 0 Å². The van der Waals surface area contributed by atoms with Crippen LogP contribution < -0.4 is 0 Å². The number of ketones is 1. The molecule has 0 amide bonds. The summed E-state index contributed by atoms with van der Waals surface area (Å²) in [6.45, 7) is 12.2. The molecule has 1 atom stereocenters. The number of hydrogen-bond donors (Lipinski definition) is 0. The zero-order valence-electron chi connectivity index (χ0n) is 14.8. The van der Waals surface area contributed by atoms with Crippen LogP contribution in [-0.4, -0.2) is 23.1 Å². The smallest absolute Gasteiger partial charge is 0.191 e. The fourth-order valence-electron chi connectivity index (χ4n) is 3.14. The summed E-state index contributed by atoms with van der Waals surface area (Å²) in [5.41, 5.74) is 1.94. The molecule has 0 spiro atoms. The molecule has 0 fully saturated rings. The molecule has 2 rings (SSSR count). The van der Waals surface area contributed by atoms with E-state index in [1.54, 1.807) is 6.92 Å². The maximum Gasteiger partial charge on any atom is 0.191 e. The van der Waals surface area contributed by atoms with Crippen LogP contribution in [0.2, 0.25) is 26.2 Å². The van der Waals surface area contributed by atoms with E-state index < -0.39 is 17.4 Å². The molecule has 5 heteroatoms. The Bertz CT molecular complexity index is 675. The number of hydrogen-bond acceptors (Lipinski definition) is 3. The Hall–Kier alpha value is -1.44. The number of aryl methyl sites for hydroxylation is 1. The van der Waals surface area contributed by atoms with Gasteiger partial charge in [0.05, 0.1) is 11.1 Å². The van der Waals surface area contributed by atoms with Crippen LogP contribution in [0.4, 0.5) is 0 Å². The summed E-state index contributed by atoms with van der Waals surface area (Å²) in [6.07, 6.45) is 0. The summed E-state index contributed by atoms with van der Waals surface area (Å²) in [5.74, 6) is 1.58. The predicted molar refractivity (Wildman–Crippen MR) is 97.8 cm³/mol. The van der Waals surface area contributed by atoms with Crippen molar-refractivity contribution >= 4 is 23.1 Å². The van der Waals surface area contributed by atoms with Crippen LogP contribution in [0.3, 0.4) is 0 Å². The van der Waals surface area contributed by atoms with Gasteiger partial charge >= 0.3 is 0 Å². The second kappa shape index (κ2) is 6.99. The van der Waals surface area contributed by atoms with Crippen molar-refractivity contribution in [2.24, 2.45) is 0 Å². The molecule has 123 valence electrons. The van der Waals surface area contributed by atoms with Crippen LogP contribution >= 0.6 is 0 Å². The molecule has 1 unspecified atom stereocenters. The summed E-state index contributed by atoms with van der Waals surface area (Å²) in [6, 6.07) is 12.2. The average Bonchev–Trinajstić information content (AvgIpc) is 2.80. The van der Waals surface area contributed by atoms with Crippen LogP contribution in [0.1, 0.15) is 39.9 Å². The Morgan fingerprint density at radius 1 is 1.22 bits per heavy atom. The first kappa shape index (κ1) is 17.9.